The molecule has 3 rings (SSSR count). The average Bonchev–Trinajstić information content (AvgIpc) is 2.87. The molecule has 24 heavy (non-hydrogen) atoms. The monoisotopic (exact) mass is 339 g/mol. The van der Waals surface area contributed by atoms with E-state index in [1.165, 1.54) is 22.7 Å². The van der Waals surface area contributed by atoms with E-state index in [1.54, 1.807) is 48.7 Å². The number of carbonyl (C=O) groups excluding carboxylic acids is 1. The van der Waals surface area contributed by atoms with Gasteiger partial charge >= 0.3 is 0 Å². The molecule has 0 spiro atoms. The molecule has 1 fully saturated rings. The van der Waals surface area contributed by atoms with Gasteiger partial charge in [0.2, 0.25) is 0 Å². The normalized spacial score (nSPS) is 17.7. The number of pyridine rings is 1. The van der Waals surface area contributed by atoms with Gasteiger partial charge in [0.1, 0.15) is 5.82 Å². The molecule has 120 valence electrons. The maximum absolute atomic E-state index is 13.8. The van der Waals surface area contributed by atoms with E-state index in [0.29, 0.717) is 28.0 Å². The number of amides is 1. The molecule has 1 amide bonds. The van der Waals surface area contributed by atoms with Crippen molar-refractivity contribution in [3.8, 4) is 0 Å². The second kappa shape index (κ2) is 7.23. The quantitative estimate of drug-likeness (QED) is 0.624. The molecule has 0 atom stereocenters. The zero-order valence-corrected chi connectivity index (χ0v) is 13.5. The number of carbonyl (C=O) groups is 1. The van der Waals surface area contributed by atoms with E-state index in [-0.39, 0.29) is 11.7 Å². The number of halogens is 1. The van der Waals surface area contributed by atoms with Gasteiger partial charge in [-0.15, -0.1) is 6.58 Å². The Kier molecular flexibility index (Phi) is 4.86. The molecule has 0 bridgehead atoms. The molecule has 0 unspecified atom stereocenters. The third kappa shape index (κ3) is 3.44. The van der Waals surface area contributed by atoms with Crippen molar-refractivity contribution in [2.24, 2.45) is 4.99 Å². The van der Waals surface area contributed by atoms with Crippen LogP contribution in [0, 0.1) is 5.82 Å². The molecule has 1 aliphatic rings. The van der Waals surface area contributed by atoms with Crippen LogP contribution in [0.15, 0.2) is 71.2 Å². The van der Waals surface area contributed by atoms with E-state index >= 15 is 0 Å². The largest absolute Gasteiger partial charge is 0.282 e. The van der Waals surface area contributed by atoms with Crippen molar-refractivity contribution >= 4 is 34.7 Å². The van der Waals surface area contributed by atoms with Gasteiger partial charge in [0.25, 0.3) is 5.91 Å². The highest BCUT2D eigenvalue weighted by Crippen LogP contribution is 2.34. The Hall–Kier alpha value is -2.73. The molecule has 1 aromatic heterocycles. The summed E-state index contributed by atoms with van der Waals surface area (Å²) in [5.74, 6) is -0.0874. The first-order valence-corrected chi connectivity index (χ1v) is 8.07. The number of amidine groups is 1. The van der Waals surface area contributed by atoms with Crippen LogP contribution in [0.4, 0.5) is 10.2 Å². The van der Waals surface area contributed by atoms with Crippen molar-refractivity contribution in [1.29, 1.82) is 0 Å². The van der Waals surface area contributed by atoms with Crippen LogP contribution in [0.1, 0.15) is 5.56 Å². The fourth-order valence-electron chi connectivity index (χ4n) is 2.13. The Morgan fingerprint density at radius 3 is 2.75 bits per heavy atom. The summed E-state index contributed by atoms with van der Waals surface area (Å²) in [5.41, 5.74) is 0.367. The molecule has 0 N–H and O–H groups in total. The Morgan fingerprint density at radius 2 is 2.04 bits per heavy atom. The van der Waals surface area contributed by atoms with Crippen LogP contribution in [0.5, 0.6) is 0 Å². The zero-order valence-electron chi connectivity index (χ0n) is 12.7. The number of hydrogen-bond donors (Lipinski definition) is 0. The van der Waals surface area contributed by atoms with Crippen molar-refractivity contribution in [3.05, 3.63) is 77.6 Å². The molecule has 2 heterocycles. The summed E-state index contributed by atoms with van der Waals surface area (Å²) >= 11 is 1.20. The molecule has 1 aromatic carbocycles. The number of aromatic nitrogens is 1. The standard InChI is InChI=1S/C18H14FN3OS/c1-2-11-22-17(23)15(12-13-7-3-4-8-14(13)19)24-18(22)21-16-9-5-6-10-20-16/h2-10,12H,1,11H2/b15-12-,21-18+. The van der Waals surface area contributed by atoms with Gasteiger partial charge in [-0.05, 0) is 36.0 Å². The minimum atomic E-state index is -0.371. The van der Waals surface area contributed by atoms with Gasteiger partial charge in [-0.2, -0.15) is 0 Å². The van der Waals surface area contributed by atoms with Crippen molar-refractivity contribution in [2.45, 2.75) is 0 Å². The number of hydrogen-bond acceptors (Lipinski definition) is 4. The first kappa shape index (κ1) is 16.1. The van der Waals surface area contributed by atoms with E-state index in [4.69, 9.17) is 0 Å². The lowest BCUT2D eigenvalue weighted by atomic mass is 10.2. The minimum absolute atomic E-state index is 0.224. The Labute approximate surface area is 143 Å². The Morgan fingerprint density at radius 1 is 1.25 bits per heavy atom. The van der Waals surface area contributed by atoms with Crippen molar-refractivity contribution in [3.63, 3.8) is 0 Å². The predicted molar refractivity (Wildman–Crippen MR) is 95.2 cm³/mol. The topological polar surface area (TPSA) is 45.6 Å². The number of nitrogens with zero attached hydrogens (tertiary/aromatic N) is 3. The first-order chi connectivity index (χ1) is 11.7. The average molecular weight is 339 g/mol. The Bertz CT molecular complexity index is 833. The summed E-state index contributed by atoms with van der Waals surface area (Å²) in [6.07, 6.45) is 4.80. The van der Waals surface area contributed by atoms with Crippen molar-refractivity contribution < 1.29 is 9.18 Å². The fraction of sp³-hybridized carbons (Fsp3) is 0.0556. The number of rotatable bonds is 4. The maximum atomic E-state index is 13.8. The van der Waals surface area contributed by atoms with Crippen LogP contribution in [-0.2, 0) is 4.79 Å². The van der Waals surface area contributed by atoms with Gasteiger partial charge in [0.15, 0.2) is 11.0 Å². The van der Waals surface area contributed by atoms with Crippen LogP contribution in [0.2, 0.25) is 0 Å². The zero-order chi connectivity index (χ0) is 16.9. The molecule has 6 heteroatoms. The predicted octanol–water partition coefficient (Wildman–Crippen LogP) is 4.01. The Balaban J connectivity index is 1.97. The lowest BCUT2D eigenvalue weighted by Gasteiger charge is -2.12. The van der Waals surface area contributed by atoms with E-state index in [0.717, 1.165) is 0 Å². The van der Waals surface area contributed by atoms with Crippen LogP contribution >= 0.6 is 11.8 Å². The smallest absolute Gasteiger partial charge is 0.267 e. The number of aliphatic imine (C=N–C) groups is 1. The lowest BCUT2D eigenvalue weighted by Crippen LogP contribution is -2.29. The molecule has 0 saturated carbocycles. The van der Waals surface area contributed by atoms with E-state index in [9.17, 15) is 9.18 Å². The third-order valence-electron chi connectivity index (χ3n) is 3.25. The molecule has 0 radical (unpaired) electrons. The van der Waals surface area contributed by atoms with Crippen LogP contribution in [0.25, 0.3) is 6.08 Å². The van der Waals surface area contributed by atoms with E-state index in [2.05, 4.69) is 16.6 Å². The van der Waals surface area contributed by atoms with Gasteiger partial charge in [-0.1, -0.05) is 30.3 Å². The van der Waals surface area contributed by atoms with Gasteiger partial charge in [0, 0.05) is 18.3 Å². The van der Waals surface area contributed by atoms with Crippen molar-refractivity contribution in [1.82, 2.24) is 9.88 Å². The summed E-state index contributed by atoms with van der Waals surface area (Å²) in [4.78, 5) is 23.0. The molecule has 0 aliphatic carbocycles. The van der Waals surface area contributed by atoms with Gasteiger partial charge in [0.05, 0.1) is 4.91 Å². The molecule has 1 aliphatic heterocycles. The summed E-state index contributed by atoms with van der Waals surface area (Å²) in [6, 6.07) is 11.7. The van der Waals surface area contributed by atoms with Gasteiger partial charge < -0.3 is 0 Å². The van der Waals surface area contributed by atoms with Gasteiger partial charge in [-0.25, -0.2) is 14.4 Å². The van der Waals surface area contributed by atoms with Crippen LogP contribution in [0.3, 0.4) is 0 Å². The SMILES string of the molecule is C=CCN1C(=O)/C(=C/c2ccccc2F)S/C1=N/c1ccccn1. The third-order valence-corrected chi connectivity index (χ3v) is 4.26. The summed E-state index contributed by atoms with van der Waals surface area (Å²) in [7, 11) is 0. The first-order valence-electron chi connectivity index (χ1n) is 7.25. The van der Waals surface area contributed by atoms with Crippen LogP contribution < -0.4 is 0 Å². The molecular formula is C18H14FN3OS. The highest BCUT2D eigenvalue weighted by atomic mass is 32.2. The summed E-state index contributed by atoms with van der Waals surface area (Å²) in [6.45, 7) is 4.00. The molecule has 4 nitrogen and oxygen atoms in total. The number of benzene rings is 1. The summed E-state index contributed by atoms with van der Waals surface area (Å²) in [5, 5.41) is 0.501. The highest BCUT2D eigenvalue weighted by Gasteiger charge is 2.32. The van der Waals surface area contributed by atoms with Gasteiger partial charge in [-0.3, -0.25) is 9.69 Å². The second-order valence-corrected chi connectivity index (χ2v) is 5.93. The second-order valence-electron chi connectivity index (χ2n) is 4.92. The molecule has 2 aromatic rings. The van der Waals surface area contributed by atoms with Crippen LogP contribution in [-0.4, -0.2) is 27.5 Å². The molecule has 1 saturated heterocycles. The van der Waals surface area contributed by atoms with Crippen molar-refractivity contribution in [2.75, 3.05) is 6.54 Å². The molecular weight excluding hydrogens is 325 g/mol. The minimum Gasteiger partial charge on any atom is -0.282 e. The maximum Gasteiger partial charge on any atom is 0.267 e. The fourth-order valence-corrected chi connectivity index (χ4v) is 3.12. The summed E-state index contributed by atoms with van der Waals surface area (Å²) < 4.78 is 13.8. The number of thioether (sulfide) groups is 1. The van der Waals surface area contributed by atoms with E-state index in [1.807, 2.05) is 6.07 Å². The van der Waals surface area contributed by atoms with E-state index < -0.39 is 0 Å². The lowest BCUT2D eigenvalue weighted by molar-refractivity contribution is -0.121. The highest BCUT2D eigenvalue weighted by molar-refractivity contribution is 8.18.